The van der Waals surface area contributed by atoms with Crippen LogP contribution in [0.15, 0.2) is 42.5 Å². The van der Waals surface area contributed by atoms with Crippen LogP contribution in [0.2, 0.25) is 0 Å². The fourth-order valence-electron chi connectivity index (χ4n) is 2.00. The van der Waals surface area contributed by atoms with E-state index in [1.165, 1.54) is 7.11 Å². The Labute approximate surface area is 126 Å². The third-order valence-electron chi connectivity index (χ3n) is 3.01. The lowest BCUT2D eigenvalue weighted by Gasteiger charge is -2.17. The van der Waals surface area contributed by atoms with E-state index in [1.807, 2.05) is 36.4 Å². The first-order valence-corrected chi connectivity index (χ1v) is 7.23. The summed E-state index contributed by atoms with van der Waals surface area (Å²) >= 11 is 3.44. The van der Waals surface area contributed by atoms with Crippen molar-refractivity contribution in [3.05, 3.63) is 53.2 Å². The zero-order valence-electron chi connectivity index (χ0n) is 11.4. The molecule has 2 aromatic rings. The van der Waals surface area contributed by atoms with Crippen LogP contribution in [0.5, 0.6) is 5.75 Å². The Bertz CT molecular complexity index is 589. The summed E-state index contributed by atoms with van der Waals surface area (Å²) in [7, 11) is 3.01. The largest absolute Gasteiger partial charge is 0.595 e. The highest BCUT2D eigenvalue weighted by Crippen LogP contribution is 2.32. The molecule has 0 saturated heterocycles. The Morgan fingerprint density at radius 1 is 1.15 bits per heavy atom. The van der Waals surface area contributed by atoms with Gasteiger partial charge in [0.2, 0.25) is 0 Å². The van der Waals surface area contributed by atoms with E-state index in [0.717, 1.165) is 27.8 Å². The lowest BCUT2D eigenvalue weighted by molar-refractivity contribution is -0.992. The van der Waals surface area contributed by atoms with Gasteiger partial charge < -0.3 is 9.94 Å². The minimum atomic E-state index is -0.345. The first-order valence-electron chi connectivity index (χ1n) is 6.11. The van der Waals surface area contributed by atoms with Crippen LogP contribution in [0.25, 0.3) is 11.1 Å². The molecule has 0 saturated carbocycles. The normalized spacial score (nSPS) is 12.2. The van der Waals surface area contributed by atoms with Gasteiger partial charge in [0.15, 0.2) is 5.69 Å². The molecule has 0 aliphatic rings. The average Bonchev–Trinajstić information content (AvgIpc) is 2.53. The van der Waals surface area contributed by atoms with Gasteiger partial charge in [-0.2, -0.15) is 5.23 Å². The maximum atomic E-state index is 11.6. The molecule has 0 heterocycles. The van der Waals surface area contributed by atoms with Crippen molar-refractivity contribution in [3.63, 3.8) is 0 Å². The average molecular weight is 338 g/mol. The summed E-state index contributed by atoms with van der Waals surface area (Å²) in [5.41, 5.74) is 3.54. The molecule has 2 rings (SSSR count). The number of hydrogen-bond acceptors (Lipinski definition) is 3. The summed E-state index contributed by atoms with van der Waals surface area (Å²) in [6.07, 6.45) is 0. The van der Waals surface area contributed by atoms with Crippen LogP contribution in [0, 0.1) is 5.21 Å². The molecule has 4 nitrogen and oxygen atoms in total. The van der Waals surface area contributed by atoms with Crippen molar-refractivity contribution in [2.24, 2.45) is 0 Å². The van der Waals surface area contributed by atoms with Gasteiger partial charge in [-0.3, -0.25) is 0 Å². The van der Waals surface area contributed by atoms with Gasteiger partial charge in [-0.1, -0.05) is 34.1 Å². The standard InChI is InChI=1S/C15H16BrNO3/c1-19-15-7-6-11(10-16)8-14(15)12-4-3-5-13(9-12)17(18)20-2/h3-9,17H,10H2,1-2H3. The molecule has 0 bridgehead atoms. The minimum absolute atomic E-state index is 0.345. The Hall–Kier alpha value is -1.40. The van der Waals surface area contributed by atoms with Crippen LogP contribution in [0.1, 0.15) is 5.56 Å². The van der Waals surface area contributed by atoms with Crippen molar-refractivity contribution in [2.75, 3.05) is 14.2 Å². The smallest absolute Gasteiger partial charge is 0.164 e. The van der Waals surface area contributed by atoms with Gasteiger partial charge in [0, 0.05) is 23.0 Å². The van der Waals surface area contributed by atoms with Crippen molar-refractivity contribution in [2.45, 2.75) is 5.33 Å². The highest BCUT2D eigenvalue weighted by Gasteiger charge is 2.10. The second-order valence-corrected chi connectivity index (χ2v) is 4.80. The number of nitrogens with one attached hydrogen (secondary N) is 1. The van der Waals surface area contributed by atoms with E-state index in [0.29, 0.717) is 5.69 Å². The first kappa shape index (κ1) is 15.0. The first-order chi connectivity index (χ1) is 9.69. The highest BCUT2D eigenvalue weighted by atomic mass is 79.9. The van der Waals surface area contributed by atoms with Crippen molar-refractivity contribution in [1.29, 1.82) is 0 Å². The van der Waals surface area contributed by atoms with Gasteiger partial charge >= 0.3 is 0 Å². The molecule has 5 heteroatoms. The summed E-state index contributed by atoms with van der Waals surface area (Å²) in [4.78, 5) is 4.75. The summed E-state index contributed by atoms with van der Waals surface area (Å²) in [6.45, 7) is 0. The van der Waals surface area contributed by atoms with Crippen LogP contribution < -0.4 is 9.96 Å². The fourth-order valence-corrected chi connectivity index (χ4v) is 2.34. The lowest BCUT2D eigenvalue weighted by Crippen LogP contribution is -3.00. The zero-order chi connectivity index (χ0) is 14.5. The molecule has 2 aromatic carbocycles. The Morgan fingerprint density at radius 3 is 2.60 bits per heavy atom. The summed E-state index contributed by atoms with van der Waals surface area (Å²) in [5, 5.41) is 12.0. The molecule has 1 N–H and O–H groups in total. The predicted octanol–water partition coefficient (Wildman–Crippen LogP) is 2.83. The molecule has 0 aromatic heterocycles. The second kappa shape index (κ2) is 6.85. The van der Waals surface area contributed by atoms with E-state index < -0.39 is 0 Å². The minimum Gasteiger partial charge on any atom is -0.595 e. The maximum absolute atomic E-state index is 11.6. The highest BCUT2D eigenvalue weighted by molar-refractivity contribution is 9.08. The SMILES string of the molecule is COc1ccc(CBr)cc1-c1cccc([NH+]([O-])OC)c1. The van der Waals surface area contributed by atoms with E-state index in [1.54, 1.807) is 13.2 Å². The van der Waals surface area contributed by atoms with Gasteiger partial charge in [0.25, 0.3) is 0 Å². The fraction of sp³-hybridized carbons (Fsp3) is 0.200. The molecule has 1 unspecified atom stereocenters. The van der Waals surface area contributed by atoms with Crippen molar-refractivity contribution >= 4 is 21.6 Å². The molecule has 106 valence electrons. The molecule has 20 heavy (non-hydrogen) atoms. The lowest BCUT2D eigenvalue weighted by atomic mass is 10.0. The van der Waals surface area contributed by atoms with Gasteiger partial charge in [-0.15, -0.1) is 0 Å². The predicted molar refractivity (Wildman–Crippen MR) is 82.1 cm³/mol. The van der Waals surface area contributed by atoms with Gasteiger partial charge in [0.1, 0.15) is 5.75 Å². The molecule has 0 amide bonds. The van der Waals surface area contributed by atoms with E-state index in [4.69, 9.17) is 9.57 Å². The molecular weight excluding hydrogens is 322 g/mol. The van der Waals surface area contributed by atoms with Crippen molar-refractivity contribution < 1.29 is 14.8 Å². The van der Waals surface area contributed by atoms with Crippen LogP contribution in [0.3, 0.4) is 0 Å². The Kier molecular flexibility index (Phi) is 5.14. The van der Waals surface area contributed by atoms with Crippen molar-refractivity contribution in [3.8, 4) is 16.9 Å². The number of ether oxygens (including phenoxy) is 1. The number of rotatable bonds is 5. The number of benzene rings is 2. The Balaban J connectivity index is 2.49. The topological polar surface area (TPSA) is 46.0 Å². The van der Waals surface area contributed by atoms with Crippen LogP contribution >= 0.6 is 15.9 Å². The van der Waals surface area contributed by atoms with E-state index >= 15 is 0 Å². The van der Waals surface area contributed by atoms with E-state index in [-0.39, 0.29) is 5.23 Å². The summed E-state index contributed by atoms with van der Waals surface area (Å²) in [5.74, 6) is 0.775. The van der Waals surface area contributed by atoms with Crippen LogP contribution in [-0.4, -0.2) is 14.2 Å². The van der Waals surface area contributed by atoms with Gasteiger partial charge in [-0.05, 0) is 23.3 Å². The number of methoxy groups -OCH3 is 1. The molecular formula is C15H16BrNO3. The zero-order valence-corrected chi connectivity index (χ0v) is 12.9. The van der Waals surface area contributed by atoms with E-state index in [2.05, 4.69) is 15.9 Å². The molecule has 0 spiro atoms. The quantitative estimate of drug-likeness (QED) is 0.674. The third-order valence-corrected chi connectivity index (χ3v) is 3.66. The third kappa shape index (κ3) is 3.19. The maximum Gasteiger partial charge on any atom is 0.164 e. The van der Waals surface area contributed by atoms with Crippen molar-refractivity contribution in [1.82, 2.24) is 0 Å². The van der Waals surface area contributed by atoms with E-state index in [9.17, 15) is 5.21 Å². The van der Waals surface area contributed by atoms with Gasteiger partial charge in [-0.25, -0.2) is 4.84 Å². The molecule has 0 aliphatic heterocycles. The molecule has 0 aliphatic carbocycles. The molecule has 1 atom stereocenters. The monoisotopic (exact) mass is 337 g/mol. The Morgan fingerprint density at radius 2 is 1.95 bits per heavy atom. The second-order valence-electron chi connectivity index (χ2n) is 4.24. The van der Waals surface area contributed by atoms with Crippen LogP contribution in [0.4, 0.5) is 5.69 Å². The number of alkyl halides is 1. The summed E-state index contributed by atoms with van der Waals surface area (Å²) < 4.78 is 5.39. The number of quaternary nitrogens is 1. The van der Waals surface area contributed by atoms with Gasteiger partial charge in [0.05, 0.1) is 14.2 Å². The number of halogens is 1. The van der Waals surface area contributed by atoms with Crippen LogP contribution in [-0.2, 0) is 10.2 Å². The molecule has 0 fully saturated rings. The molecule has 0 radical (unpaired) electrons. The number of hydrogen-bond donors (Lipinski definition) is 1. The summed E-state index contributed by atoms with van der Waals surface area (Å²) in [6, 6.07) is 13.3.